The fourth-order valence-electron chi connectivity index (χ4n) is 4.17. The number of fused-ring (bicyclic) bond motifs is 1. The van der Waals surface area contributed by atoms with Gasteiger partial charge in [0.15, 0.2) is 0 Å². The molecule has 0 aliphatic carbocycles. The lowest BCUT2D eigenvalue weighted by atomic mass is 9.93. The molecule has 0 unspecified atom stereocenters. The number of amides is 2. The molecule has 4 atom stereocenters. The maximum Gasteiger partial charge on any atom is 0.315 e. The Hall–Kier alpha value is -2.37. The number of ether oxygens (including phenoxy) is 2. The number of rotatable bonds is 6. The van der Waals surface area contributed by atoms with Crippen molar-refractivity contribution in [2.24, 2.45) is 5.92 Å². The molecule has 2 fully saturated rings. The molecule has 2 aliphatic heterocycles. The van der Waals surface area contributed by atoms with Gasteiger partial charge in [0.25, 0.3) is 0 Å². The number of urea groups is 1. The summed E-state index contributed by atoms with van der Waals surface area (Å²) in [4.78, 5) is 12.3. The normalized spacial score (nSPS) is 26.0. The van der Waals surface area contributed by atoms with Crippen LogP contribution in [0.15, 0.2) is 54.6 Å². The van der Waals surface area contributed by atoms with Gasteiger partial charge >= 0.3 is 6.03 Å². The van der Waals surface area contributed by atoms with Gasteiger partial charge in [0.1, 0.15) is 6.10 Å². The molecule has 0 radical (unpaired) electrons. The van der Waals surface area contributed by atoms with Gasteiger partial charge in [0, 0.05) is 12.5 Å². The summed E-state index contributed by atoms with van der Waals surface area (Å²) in [6.07, 6.45) is 2.09. The molecule has 2 aromatic rings. The Morgan fingerprint density at radius 1 is 1.00 bits per heavy atom. The summed E-state index contributed by atoms with van der Waals surface area (Å²) in [6, 6.07) is 18.4. The molecular formula is C23H28N2O3. The lowest BCUT2D eigenvalue weighted by Gasteiger charge is -2.18. The van der Waals surface area contributed by atoms with Crippen molar-refractivity contribution < 1.29 is 14.3 Å². The summed E-state index contributed by atoms with van der Waals surface area (Å²) in [5.41, 5.74) is 3.62. The van der Waals surface area contributed by atoms with Crippen molar-refractivity contribution >= 4 is 6.03 Å². The monoisotopic (exact) mass is 380 g/mol. The highest BCUT2D eigenvalue weighted by Crippen LogP contribution is 2.33. The first-order valence-electron chi connectivity index (χ1n) is 10.1. The van der Waals surface area contributed by atoms with Crippen molar-refractivity contribution in [2.75, 3.05) is 13.2 Å². The first-order valence-corrected chi connectivity index (χ1v) is 10.1. The van der Waals surface area contributed by atoms with E-state index in [0.717, 1.165) is 18.4 Å². The number of nitrogens with one attached hydrogen (secondary N) is 2. The van der Waals surface area contributed by atoms with Gasteiger partial charge in [-0.25, -0.2) is 4.79 Å². The number of hydrogen-bond acceptors (Lipinski definition) is 3. The molecule has 0 spiro atoms. The van der Waals surface area contributed by atoms with E-state index in [4.69, 9.17) is 9.47 Å². The van der Waals surface area contributed by atoms with Crippen LogP contribution in [-0.2, 0) is 22.4 Å². The predicted octanol–water partition coefficient (Wildman–Crippen LogP) is 3.21. The van der Waals surface area contributed by atoms with Crippen LogP contribution >= 0.6 is 0 Å². The fourth-order valence-corrected chi connectivity index (χ4v) is 4.17. The molecule has 5 nitrogen and oxygen atoms in total. The number of carbonyl (C=O) groups excluding carboxylic acids is 1. The van der Waals surface area contributed by atoms with E-state index in [1.54, 1.807) is 0 Å². The lowest BCUT2D eigenvalue weighted by Crippen LogP contribution is -2.48. The Morgan fingerprint density at radius 2 is 1.79 bits per heavy atom. The zero-order chi connectivity index (χ0) is 19.3. The van der Waals surface area contributed by atoms with Crippen molar-refractivity contribution in [1.82, 2.24) is 10.6 Å². The van der Waals surface area contributed by atoms with E-state index in [-0.39, 0.29) is 24.3 Å². The first kappa shape index (κ1) is 19.0. The standard InChI is InChI=1S/C23H28N2O3/c1-16-6-5-9-18(12-16)13-24-23(26)25-20-15-28-21-19(14-27-22(20)21)11-10-17-7-3-2-4-8-17/h2-9,12,19-22H,10-11,13-15H2,1H3,(H2,24,25,26)/t19-,20+,21+,22-/m1/s1. The Morgan fingerprint density at radius 3 is 2.61 bits per heavy atom. The average Bonchev–Trinajstić information content (AvgIpc) is 3.29. The molecule has 2 amide bonds. The summed E-state index contributed by atoms with van der Waals surface area (Å²) in [6.45, 7) is 3.77. The summed E-state index contributed by atoms with van der Waals surface area (Å²) in [7, 11) is 0. The largest absolute Gasteiger partial charge is 0.373 e. The van der Waals surface area contributed by atoms with Crippen molar-refractivity contribution in [2.45, 2.75) is 44.6 Å². The zero-order valence-corrected chi connectivity index (χ0v) is 16.3. The summed E-state index contributed by atoms with van der Waals surface area (Å²) in [5, 5.41) is 5.96. The summed E-state index contributed by atoms with van der Waals surface area (Å²) in [5.74, 6) is 0.382. The van der Waals surface area contributed by atoms with Crippen LogP contribution in [0.25, 0.3) is 0 Å². The highest BCUT2D eigenvalue weighted by molar-refractivity contribution is 5.74. The highest BCUT2D eigenvalue weighted by Gasteiger charge is 2.47. The van der Waals surface area contributed by atoms with Gasteiger partial charge in [-0.15, -0.1) is 0 Å². The Balaban J connectivity index is 1.24. The van der Waals surface area contributed by atoms with Gasteiger partial charge in [-0.1, -0.05) is 60.2 Å². The number of hydrogen-bond donors (Lipinski definition) is 2. The minimum absolute atomic E-state index is 0.0505. The number of carbonyl (C=O) groups is 1. The van der Waals surface area contributed by atoms with Crippen molar-refractivity contribution in [1.29, 1.82) is 0 Å². The SMILES string of the molecule is Cc1cccc(CNC(=O)N[C@H]2CO[C@H]3[C@H](CCc4ccccc4)CO[C@@H]32)c1. The topological polar surface area (TPSA) is 59.6 Å². The fraction of sp³-hybridized carbons (Fsp3) is 0.435. The number of aryl methyl sites for hydroxylation is 2. The molecule has 0 aromatic heterocycles. The van der Waals surface area contributed by atoms with Gasteiger partial charge in [0.05, 0.1) is 25.4 Å². The van der Waals surface area contributed by atoms with Crippen LogP contribution < -0.4 is 10.6 Å². The summed E-state index contributed by atoms with van der Waals surface area (Å²) < 4.78 is 12.0. The van der Waals surface area contributed by atoms with Crippen LogP contribution in [0.4, 0.5) is 4.79 Å². The molecular weight excluding hydrogens is 352 g/mol. The zero-order valence-electron chi connectivity index (χ0n) is 16.3. The van der Waals surface area contributed by atoms with Crippen molar-refractivity contribution in [3.05, 3.63) is 71.3 Å². The average molecular weight is 380 g/mol. The van der Waals surface area contributed by atoms with Gasteiger partial charge in [-0.2, -0.15) is 0 Å². The predicted molar refractivity (Wildman–Crippen MR) is 108 cm³/mol. The quantitative estimate of drug-likeness (QED) is 0.809. The maximum atomic E-state index is 12.3. The second-order valence-electron chi connectivity index (χ2n) is 7.80. The van der Waals surface area contributed by atoms with E-state index in [0.29, 0.717) is 25.7 Å². The Kier molecular flexibility index (Phi) is 5.93. The molecule has 2 N–H and O–H groups in total. The Labute approximate surface area is 166 Å². The first-order chi connectivity index (χ1) is 13.7. The molecule has 5 heteroatoms. The van der Waals surface area contributed by atoms with Crippen molar-refractivity contribution in [3.8, 4) is 0 Å². The van der Waals surface area contributed by atoms with Crippen LogP contribution in [0.3, 0.4) is 0 Å². The molecule has 2 saturated heterocycles. The van der Waals surface area contributed by atoms with Gasteiger partial charge in [0.2, 0.25) is 0 Å². The molecule has 2 aliphatic rings. The van der Waals surface area contributed by atoms with E-state index >= 15 is 0 Å². The Bertz CT molecular complexity index is 795. The van der Waals surface area contributed by atoms with Gasteiger partial charge < -0.3 is 20.1 Å². The second kappa shape index (κ2) is 8.76. The highest BCUT2D eigenvalue weighted by atomic mass is 16.6. The smallest absolute Gasteiger partial charge is 0.315 e. The third kappa shape index (κ3) is 4.54. The molecule has 2 heterocycles. The van der Waals surface area contributed by atoms with Gasteiger partial charge in [-0.3, -0.25) is 0 Å². The van der Waals surface area contributed by atoms with Crippen LogP contribution in [-0.4, -0.2) is 37.5 Å². The van der Waals surface area contributed by atoms with Crippen LogP contribution in [0.5, 0.6) is 0 Å². The second-order valence-corrected chi connectivity index (χ2v) is 7.80. The minimum atomic E-state index is -0.174. The molecule has 28 heavy (non-hydrogen) atoms. The third-order valence-corrected chi connectivity index (χ3v) is 5.65. The molecule has 148 valence electrons. The molecule has 4 rings (SSSR count). The van der Waals surface area contributed by atoms with E-state index in [1.807, 2.05) is 31.2 Å². The van der Waals surface area contributed by atoms with E-state index in [2.05, 4.69) is 41.0 Å². The van der Waals surface area contributed by atoms with Crippen molar-refractivity contribution in [3.63, 3.8) is 0 Å². The molecule has 0 saturated carbocycles. The van der Waals surface area contributed by atoms with Gasteiger partial charge in [-0.05, 0) is 30.9 Å². The van der Waals surface area contributed by atoms with E-state index in [1.165, 1.54) is 11.1 Å². The van der Waals surface area contributed by atoms with E-state index in [9.17, 15) is 4.79 Å². The third-order valence-electron chi connectivity index (χ3n) is 5.65. The van der Waals surface area contributed by atoms with Crippen LogP contribution in [0.1, 0.15) is 23.1 Å². The minimum Gasteiger partial charge on any atom is -0.373 e. The van der Waals surface area contributed by atoms with E-state index < -0.39 is 0 Å². The molecule has 2 aromatic carbocycles. The van der Waals surface area contributed by atoms with Crippen LogP contribution in [0.2, 0.25) is 0 Å². The molecule has 0 bridgehead atoms. The lowest BCUT2D eigenvalue weighted by molar-refractivity contribution is 0.0615. The summed E-state index contributed by atoms with van der Waals surface area (Å²) >= 11 is 0. The van der Waals surface area contributed by atoms with Crippen LogP contribution in [0, 0.1) is 12.8 Å². The maximum absolute atomic E-state index is 12.3. The number of benzene rings is 2.